The lowest BCUT2D eigenvalue weighted by Crippen LogP contribution is -2.53. The zero-order valence-electron chi connectivity index (χ0n) is 12.2. The van der Waals surface area contributed by atoms with Gasteiger partial charge in [0.2, 0.25) is 5.91 Å². The van der Waals surface area contributed by atoms with Crippen molar-refractivity contribution in [3.05, 3.63) is 29.8 Å². The smallest absolute Gasteiger partial charge is 0.306 e. The van der Waals surface area contributed by atoms with Crippen LogP contribution in [0, 0.1) is 0 Å². The summed E-state index contributed by atoms with van der Waals surface area (Å²) in [5.41, 5.74) is 0.0683. The van der Waals surface area contributed by atoms with Crippen molar-refractivity contribution < 1.29 is 24.6 Å². The number of carboxylic acid groups (broad SMARTS) is 2. The van der Waals surface area contributed by atoms with Gasteiger partial charge in [0.1, 0.15) is 5.54 Å². The molecule has 1 unspecified atom stereocenters. The summed E-state index contributed by atoms with van der Waals surface area (Å²) in [6.07, 6.45) is -0.855. The number of hydrogen-bond donors (Lipinski definition) is 3. The summed E-state index contributed by atoms with van der Waals surface area (Å²) >= 11 is 0. The molecule has 1 aromatic rings. The van der Waals surface area contributed by atoms with Crippen molar-refractivity contribution in [1.29, 1.82) is 0 Å². The maximum Gasteiger partial charge on any atom is 0.306 e. The van der Waals surface area contributed by atoms with E-state index in [4.69, 9.17) is 5.11 Å². The highest BCUT2D eigenvalue weighted by molar-refractivity contribution is 5.94. The van der Waals surface area contributed by atoms with Gasteiger partial charge in [0.25, 0.3) is 0 Å². The second-order valence-electron chi connectivity index (χ2n) is 5.49. The van der Waals surface area contributed by atoms with Crippen molar-refractivity contribution in [2.45, 2.75) is 31.3 Å². The molecule has 0 saturated carbocycles. The molecule has 1 aliphatic rings. The molecule has 1 heterocycles. The van der Waals surface area contributed by atoms with Crippen LogP contribution in [0.3, 0.4) is 0 Å². The van der Waals surface area contributed by atoms with E-state index in [1.165, 1.54) is 4.90 Å². The van der Waals surface area contributed by atoms with Crippen LogP contribution >= 0.6 is 0 Å². The largest absolute Gasteiger partial charge is 0.481 e. The van der Waals surface area contributed by atoms with E-state index in [9.17, 15) is 19.5 Å². The predicted molar refractivity (Wildman–Crippen MR) is 78.4 cm³/mol. The minimum atomic E-state index is -1.45. The average Bonchev–Trinajstić information content (AvgIpc) is 2.54. The maximum absolute atomic E-state index is 12.7. The number of anilines is 1. The Labute approximate surface area is 127 Å². The number of carboxylic acids is 2. The highest BCUT2D eigenvalue weighted by atomic mass is 16.4. The maximum atomic E-state index is 12.7. The van der Waals surface area contributed by atoms with Gasteiger partial charge in [0.05, 0.1) is 6.42 Å². The van der Waals surface area contributed by atoms with Gasteiger partial charge < -0.3 is 20.4 Å². The quantitative estimate of drug-likeness (QED) is 0.753. The second-order valence-corrected chi connectivity index (χ2v) is 5.49. The normalized spacial score (nSPS) is 20.8. The van der Waals surface area contributed by atoms with E-state index in [-0.39, 0.29) is 12.8 Å². The predicted octanol–water partition coefficient (Wildman–Crippen LogP) is 1.15. The summed E-state index contributed by atoms with van der Waals surface area (Å²) in [6.45, 7) is 0.344. The fourth-order valence-electron chi connectivity index (χ4n) is 2.74. The van der Waals surface area contributed by atoms with Crippen molar-refractivity contribution in [2.75, 3.05) is 12.4 Å². The Morgan fingerprint density at radius 2 is 1.95 bits per heavy atom. The monoisotopic (exact) mass is 306 g/mol. The first-order valence-corrected chi connectivity index (χ1v) is 6.89. The number of nitrogens with zero attached hydrogens (tertiary/aromatic N) is 1. The van der Waals surface area contributed by atoms with E-state index in [0.717, 1.165) is 5.56 Å². The summed E-state index contributed by atoms with van der Waals surface area (Å²) in [4.78, 5) is 36.3. The Morgan fingerprint density at radius 1 is 1.27 bits per heavy atom. The first-order chi connectivity index (χ1) is 10.3. The minimum absolute atomic E-state index is 0.0911. The Morgan fingerprint density at radius 3 is 2.59 bits per heavy atom. The summed E-state index contributed by atoms with van der Waals surface area (Å²) in [5, 5.41) is 21.1. The number of para-hydroxylation sites is 1. The molecule has 0 bridgehead atoms. The molecule has 22 heavy (non-hydrogen) atoms. The number of nitrogens with one attached hydrogen (secondary N) is 1. The minimum Gasteiger partial charge on any atom is -0.481 e. The Bertz CT molecular complexity index is 616. The number of likely N-dealkylation sites (N-methyl/N-ethyl adjacent to an activating group) is 1. The van der Waals surface area contributed by atoms with Crippen molar-refractivity contribution in [3.8, 4) is 0 Å². The molecule has 1 aromatic carbocycles. The molecule has 1 aliphatic heterocycles. The molecule has 1 atom stereocenters. The average molecular weight is 306 g/mol. The first-order valence-electron chi connectivity index (χ1n) is 6.89. The number of rotatable bonds is 5. The van der Waals surface area contributed by atoms with E-state index in [1.807, 2.05) is 12.1 Å². The van der Waals surface area contributed by atoms with Gasteiger partial charge in [-0.1, -0.05) is 18.2 Å². The number of hydrogen-bond acceptors (Lipinski definition) is 4. The number of benzene rings is 1. The van der Waals surface area contributed by atoms with E-state index in [1.54, 1.807) is 19.2 Å². The molecular weight excluding hydrogens is 288 g/mol. The molecule has 0 spiro atoms. The standard InChI is InChI=1S/C15H18N2O5/c1-17-9-10-4-2-3-5-11(10)16-15(14(17)22,8-13(20)21)7-6-12(18)19/h2-5,16H,6-9H2,1H3,(H,18,19)(H,20,21). The summed E-state index contributed by atoms with van der Waals surface area (Å²) in [6, 6.07) is 7.23. The molecule has 3 N–H and O–H groups in total. The summed E-state index contributed by atoms with van der Waals surface area (Å²) in [5.74, 6) is -2.63. The van der Waals surface area contributed by atoms with E-state index in [2.05, 4.69) is 5.32 Å². The number of amides is 1. The van der Waals surface area contributed by atoms with Crippen molar-refractivity contribution in [1.82, 2.24) is 4.90 Å². The van der Waals surface area contributed by atoms with Gasteiger partial charge in [-0.25, -0.2) is 0 Å². The third-order valence-corrected chi connectivity index (χ3v) is 3.77. The Kier molecular flexibility index (Phi) is 4.35. The van der Waals surface area contributed by atoms with Crippen molar-refractivity contribution in [3.63, 3.8) is 0 Å². The fraction of sp³-hybridized carbons (Fsp3) is 0.400. The van der Waals surface area contributed by atoms with E-state index in [0.29, 0.717) is 12.2 Å². The van der Waals surface area contributed by atoms with Crippen LogP contribution in [0.5, 0.6) is 0 Å². The molecule has 0 aromatic heterocycles. The highest BCUT2D eigenvalue weighted by Gasteiger charge is 2.44. The lowest BCUT2D eigenvalue weighted by Gasteiger charge is -2.33. The van der Waals surface area contributed by atoms with Gasteiger partial charge in [0, 0.05) is 25.7 Å². The molecule has 1 amide bonds. The number of carbonyl (C=O) groups is 3. The molecule has 0 fully saturated rings. The molecule has 0 saturated heterocycles. The molecular formula is C15H18N2O5. The van der Waals surface area contributed by atoms with Crippen LogP contribution < -0.4 is 5.32 Å². The molecule has 2 rings (SSSR count). The van der Waals surface area contributed by atoms with Crippen LogP contribution in [0.1, 0.15) is 24.8 Å². The fourth-order valence-corrected chi connectivity index (χ4v) is 2.74. The molecule has 7 heteroatoms. The van der Waals surface area contributed by atoms with E-state index < -0.39 is 29.8 Å². The molecule has 118 valence electrons. The van der Waals surface area contributed by atoms with Crippen molar-refractivity contribution >= 4 is 23.5 Å². The van der Waals surface area contributed by atoms with Gasteiger partial charge in [-0.3, -0.25) is 14.4 Å². The van der Waals surface area contributed by atoms with Gasteiger partial charge in [-0.2, -0.15) is 0 Å². The molecule has 0 aliphatic carbocycles. The van der Waals surface area contributed by atoms with Crippen LogP contribution in [-0.4, -0.2) is 45.5 Å². The first kappa shape index (κ1) is 15.8. The van der Waals surface area contributed by atoms with Gasteiger partial charge in [-0.15, -0.1) is 0 Å². The highest BCUT2D eigenvalue weighted by Crippen LogP contribution is 2.32. The Hall–Kier alpha value is -2.57. The zero-order chi connectivity index (χ0) is 16.3. The van der Waals surface area contributed by atoms with Crippen LogP contribution in [0.2, 0.25) is 0 Å². The van der Waals surface area contributed by atoms with Crippen LogP contribution in [0.15, 0.2) is 24.3 Å². The molecule has 0 radical (unpaired) electrons. The molecule has 7 nitrogen and oxygen atoms in total. The second kappa shape index (κ2) is 6.05. The van der Waals surface area contributed by atoms with E-state index >= 15 is 0 Å². The summed E-state index contributed by atoms with van der Waals surface area (Å²) in [7, 11) is 1.59. The third-order valence-electron chi connectivity index (χ3n) is 3.77. The van der Waals surface area contributed by atoms with Gasteiger partial charge in [0.15, 0.2) is 0 Å². The SMILES string of the molecule is CN1Cc2ccccc2NC(CCC(=O)O)(CC(=O)O)C1=O. The Balaban J connectivity index is 2.45. The van der Waals surface area contributed by atoms with Gasteiger partial charge in [-0.05, 0) is 18.1 Å². The van der Waals surface area contributed by atoms with Crippen LogP contribution in [-0.2, 0) is 20.9 Å². The number of aliphatic carboxylic acids is 2. The van der Waals surface area contributed by atoms with Crippen molar-refractivity contribution in [2.24, 2.45) is 0 Å². The zero-order valence-corrected chi connectivity index (χ0v) is 12.2. The van der Waals surface area contributed by atoms with Crippen LogP contribution in [0.25, 0.3) is 0 Å². The lowest BCUT2D eigenvalue weighted by atomic mass is 9.87. The number of fused-ring (bicyclic) bond motifs is 1. The lowest BCUT2D eigenvalue weighted by molar-refractivity contribution is -0.146. The summed E-state index contributed by atoms with van der Waals surface area (Å²) < 4.78 is 0. The van der Waals surface area contributed by atoms with Crippen LogP contribution in [0.4, 0.5) is 5.69 Å². The van der Waals surface area contributed by atoms with Gasteiger partial charge >= 0.3 is 11.9 Å². The topological polar surface area (TPSA) is 107 Å². The third kappa shape index (κ3) is 3.19. The number of carbonyl (C=O) groups excluding carboxylic acids is 1.